The van der Waals surface area contributed by atoms with Gasteiger partial charge in [0.1, 0.15) is 0 Å². The van der Waals surface area contributed by atoms with Gasteiger partial charge in [0, 0.05) is 29.9 Å². The fraction of sp³-hybridized carbons (Fsp3) is 0.375. The molecule has 1 aliphatic heterocycles. The molecule has 30 heavy (non-hydrogen) atoms. The van der Waals surface area contributed by atoms with Gasteiger partial charge in [-0.3, -0.25) is 4.79 Å². The lowest BCUT2D eigenvalue weighted by Gasteiger charge is -2.32. The van der Waals surface area contributed by atoms with Crippen molar-refractivity contribution in [2.24, 2.45) is 0 Å². The number of piperidine rings is 1. The molecule has 0 radical (unpaired) electrons. The molecule has 2 aromatic carbocycles. The number of hydrogen-bond donors (Lipinski definition) is 1. The van der Waals surface area contributed by atoms with Crippen molar-refractivity contribution < 1.29 is 9.21 Å². The van der Waals surface area contributed by atoms with Gasteiger partial charge in [0.15, 0.2) is 0 Å². The van der Waals surface area contributed by atoms with Crippen molar-refractivity contribution in [1.82, 2.24) is 10.2 Å². The average molecular weight is 445 g/mol. The van der Waals surface area contributed by atoms with Gasteiger partial charge in [-0.05, 0) is 55.5 Å². The number of nitrogens with zero attached hydrogens (tertiary/aromatic N) is 1. The maximum atomic E-state index is 12.5. The maximum Gasteiger partial charge on any atom is 0.224 e. The van der Waals surface area contributed by atoms with Crippen LogP contribution in [0.15, 0.2) is 53.3 Å². The number of carbonyl (C=O) groups is 1. The number of halogens is 2. The predicted octanol–water partition coefficient (Wildman–Crippen LogP) is 5.50. The van der Waals surface area contributed by atoms with Crippen LogP contribution in [0.25, 0.3) is 10.8 Å². The third-order valence-corrected chi connectivity index (χ3v) is 6.58. The minimum absolute atomic E-state index is 0.0850. The van der Waals surface area contributed by atoms with Gasteiger partial charge in [-0.25, -0.2) is 0 Å². The number of nitrogens with one attached hydrogen (secondary N) is 1. The molecule has 158 valence electrons. The second kappa shape index (κ2) is 9.86. The molecule has 0 aliphatic carbocycles. The Balaban J connectivity index is 1.18. The van der Waals surface area contributed by atoms with Gasteiger partial charge >= 0.3 is 0 Å². The molecule has 4 nitrogen and oxygen atoms in total. The number of fused-ring (bicyclic) bond motifs is 1. The summed E-state index contributed by atoms with van der Waals surface area (Å²) in [6.45, 7) is 3.09. The maximum absolute atomic E-state index is 12.5. The molecule has 1 N–H and O–H groups in total. The second-order valence-electron chi connectivity index (χ2n) is 8.00. The van der Waals surface area contributed by atoms with Gasteiger partial charge in [0.2, 0.25) is 5.91 Å². The van der Waals surface area contributed by atoms with Crippen LogP contribution in [0.2, 0.25) is 10.0 Å². The minimum atomic E-state index is 0.0850. The molecule has 0 atom stereocenters. The van der Waals surface area contributed by atoms with Gasteiger partial charge in [-0.2, -0.15) is 0 Å². The first-order chi connectivity index (χ1) is 14.6. The van der Waals surface area contributed by atoms with Gasteiger partial charge in [0.05, 0.1) is 29.0 Å². The van der Waals surface area contributed by atoms with Crippen LogP contribution in [0.4, 0.5) is 0 Å². The summed E-state index contributed by atoms with van der Waals surface area (Å²) in [6, 6.07) is 12.1. The zero-order chi connectivity index (χ0) is 20.9. The largest absolute Gasteiger partial charge is 0.471 e. The number of benzene rings is 2. The molecule has 1 amide bonds. The van der Waals surface area contributed by atoms with Crippen molar-refractivity contribution in [2.75, 3.05) is 19.6 Å². The van der Waals surface area contributed by atoms with Crippen molar-refractivity contribution in [2.45, 2.75) is 38.1 Å². The number of furan rings is 1. The van der Waals surface area contributed by atoms with Crippen LogP contribution < -0.4 is 5.32 Å². The normalized spacial score (nSPS) is 15.5. The summed E-state index contributed by atoms with van der Waals surface area (Å²) in [5.41, 5.74) is 2.23. The van der Waals surface area contributed by atoms with Gasteiger partial charge in [-0.15, -0.1) is 0 Å². The molecular formula is C24H26Cl2N2O2. The van der Waals surface area contributed by atoms with E-state index in [1.165, 1.54) is 5.56 Å². The molecule has 1 fully saturated rings. The molecule has 0 saturated carbocycles. The highest BCUT2D eigenvalue weighted by Gasteiger charge is 2.20. The zero-order valence-corrected chi connectivity index (χ0v) is 18.4. The second-order valence-corrected chi connectivity index (χ2v) is 8.82. The Labute approximate surface area is 187 Å². The summed E-state index contributed by atoms with van der Waals surface area (Å²) in [7, 11) is 0. The Morgan fingerprint density at radius 2 is 1.93 bits per heavy atom. The summed E-state index contributed by atoms with van der Waals surface area (Å²) < 4.78 is 5.27. The van der Waals surface area contributed by atoms with E-state index in [2.05, 4.69) is 10.2 Å². The lowest BCUT2D eigenvalue weighted by Crippen LogP contribution is -2.45. The molecule has 0 bridgehead atoms. The first-order valence-electron chi connectivity index (χ1n) is 10.5. The van der Waals surface area contributed by atoms with Gasteiger partial charge in [-0.1, -0.05) is 47.5 Å². The number of rotatable bonds is 7. The van der Waals surface area contributed by atoms with E-state index < -0.39 is 0 Å². The third kappa shape index (κ3) is 5.37. The standard InChI is InChI=1S/C24H26Cl2N2O2/c25-22-7-6-17(13-23(22)26)3-2-10-28-11-8-20(9-12-28)27-24(29)14-18-4-1-5-19-15-30-16-21(18)19/h1,4-7,13,15-16,20H,2-3,8-12,14H2,(H,27,29). The zero-order valence-electron chi connectivity index (χ0n) is 16.9. The molecule has 6 heteroatoms. The number of likely N-dealkylation sites (tertiary alicyclic amines) is 1. The predicted molar refractivity (Wildman–Crippen MR) is 122 cm³/mol. The topological polar surface area (TPSA) is 45.5 Å². The van der Waals surface area contributed by atoms with Crippen LogP contribution in [-0.2, 0) is 17.6 Å². The lowest BCUT2D eigenvalue weighted by atomic mass is 10.0. The molecule has 4 rings (SSSR count). The first-order valence-corrected chi connectivity index (χ1v) is 11.2. The molecule has 0 spiro atoms. The van der Waals surface area contributed by atoms with E-state index in [4.69, 9.17) is 27.6 Å². The summed E-state index contributed by atoms with van der Waals surface area (Å²) in [4.78, 5) is 15.0. The van der Waals surface area contributed by atoms with Crippen LogP contribution >= 0.6 is 23.2 Å². The molecule has 1 aliphatic rings. The number of carbonyl (C=O) groups excluding carboxylic acids is 1. The van der Waals surface area contributed by atoms with Gasteiger partial charge in [0.25, 0.3) is 0 Å². The fourth-order valence-electron chi connectivity index (χ4n) is 4.16. The summed E-state index contributed by atoms with van der Waals surface area (Å²) in [6.07, 6.45) is 7.89. The summed E-state index contributed by atoms with van der Waals surface area (Å²) in [5, 5.41) is 6.49. The number of aryl methyl sites for hydroxylation is 1. The number of amides is 1. The van der Waals surface area contributed by atoms with E-state index in [0.717, 1.165) is 61.7 Å². The van der Waals surface area contributed by atoms with Gasteiger partial charge < -0.3 is 14.6 Å². The van der Waals surface area contributed by atoms with E-state index in [-0.39, 0.29) is 11.9 Å². The summed E-state index contributed by atoms with van der Waals surface area (Å²) in [5.74, 6) is 0.0850. The van der Waals surface area contributed by atoms with E-state index >= 15 is 0 Å². The highest BCUT2D eigenvalue weighted by molar-refractivity contribution is 6.42. The Morgan fingerprint density at radius 3 is 2.73 bits per heavy atom. The van der Waals surface area contributed by atoms with Crippen LogP contribution in [0, 0.1) is 0 Å². The molecule has 0 unspecified atom stereocenters. The average Bonchev–Trinajstić information content (AvgIpc) is 3.22. The van der Waals surface area contributed by atoms with E-state index in [0.29, 0.717) is 16.5 Å². The van der Waals surface area contributed by atoms with Crippen molar-refractivity contribution in [3.05, 3.63) is 70.1 Å². The van der Waals surface area contributed by atoms with Crippen LogP contribution in [-0.4, -0.2) is 36.5 Å². The van der Waals surface area contributed by atoms with Crippen molar-refractivity contribution in [1.29, 1.82) is 0 Å². The third-order valence-electron chi connectivity index (χ3n) is 5.84. The van der Waals surface area contributed by atoms with E-state index in [9.17, 15) is 4.79 Å². The van der Waals surface area contributed by atoms with Crippen molar-refractivity contribution >= 4 is 39.9 Å². The van der Waals surface area contributed by atoms with E-state index in [1.54, 1.807) is 12.5 Å². The Morgan fingerprint density at radius 1 is 1.10 bits per heavy atom. The quantitative estimate of drug-likeness (QED) is 0.523. The smallest absolute Gasteiger partial charge is 0.224 e. The molecular weight excluding hydrogens is 419 g/mol. The first kappa shape index (κ1) is 21.2. The Hall–Kier alpha value is -2.01. The highest BCUT2D eigenvalue weighted by atomic mass is 35.5. The Kier molecular flexibility index (Phi) is 6.98. The molecule has 1 aromatic heterocycles. The molecule has 2 heterocycles. The van der Waals surface area contributed by atoms with Crippen molar-refractivity contribution in [3.8, 4) is 0 Å². The van der Waals surface area contributed by atoms with Crippen LogP contribution in [0.1, 0.15) is 30.4 Å². The minimum Gasteiger partial charge on any atom is -0.471 e. The molecule has 1 saturated heterocycles. The SMILES string of the molecule is O=C(Cc1cccc2cocc12)NC1CCN(CCCc2ccc(Cl)c(Cl)c2)CC1. The van der Waals surface area contributed by atoms with Crippen LogP contribution in [0.5, 0.6) is 0 Å². The summed E-state index contributed by atoms with van der Waals surface area (Å²) >= 11 is 12.1. The fourth-order valence-corrected chi connectivity index (χ4v) is 4.48. The lowest BCUT2D eigenvalue weighted by molar-refractivity contribution is -0.121. The van der Waals surface area contributed by atoms with E-state index in [1.807, 2.05) is 36.4 Å². The van der Waals surface area contributed by atoms with Crippen molar-refractivity contribution in [3.63, 3.8) is 0 Å². The highest BCUT2D eigenvalue weighted by Crippen LogP contribution is 2.23. The number of hydrogen-bond acceptors (Lipinski definition) is 3. The van der Waals surface area contributed by atoms with Crippen LogP contribution in [0.3, 0.4) is 0 Å². The monoisotopic (exact) mass is 444 g/mol. The Bertz CT molecular complexity index is 1010. The molecule has 3 aromatic rings.